The molecule has 10 heteroatoms. The first-order valence-electron chi connectivity index (χ1n) is 12.2. The Kier molecular flexibility index (Phi) is 9.75. The van der Waals surface area contributed by atoms with E-state index >= 15 is 0 Å². The van der Waals surface area contributed by atoms with Gasteiger partial charge in [0.25, 0.3) is 5.91 Å². The lowest BCUT2D eigenvalue weighted by Crippen LogP contribution is -2.33. The molecule has 0 atom stereocenters. The second-order valence-corrected chi connectivity index (χ2v) is 9.82. The molecule has 0 saturated carbocycles. The number of amides is 2. The van der Waals surface area contributed by atoms with Gasteiger partial charge in [-0.25, -0.2) is 4.39 Å². The van der Waals surface area contributed by atoms with Crippen molar-refractivity contribution < 1.29 is 23.1 Å². The van der Waals surface area contributed by atoms with Gasteiger partial charge in [-0.05, 0) is 70.4 Å². The van der Waals surface area contributed by atoms with Crippen LogP contribution in [0.15, 0.2) is 87.9 Å². The number of furan rings is 1. The molecule has 0 fully saturated rings. The van der Waals surface area contributed by atoms with Crippen LogP contribution >= 0.6 is 27.5 Å². The molecule has 0 bridgehead atoms. The monoisotopic (exact) mass is 613 g/mol. The van der Waals surface area contributed by atoms with E-state index in [2.05, 4.69) is 21.2 Å². The van der Waals surface area contributed by atoms with Gasteiger partial charge in [0.2, 0.25) is 5.91 Å². The molecule has 1 heterocycles. The van der Waals surface area contributed by atoms with Crippen LogP contribution in [0.2, 0.25) is 5.02 Å². The number of ether oxygens (including phenoxy) is 1. The molecule has 0 aliphatic carbocycles. The van der Waals surface area contributed by atoms with Crippen molar-refractivity contribution >= 4 is 45.0 Å². The molecular weight excluding hydrogens is 589 g/mol. The van der Waals surface area contributed by atoms with Gasteiger partial charge >= 0.3 is 0 Å². The summed E-state index contributed by atoms with van der Waals surface area (Å²) in [5.74, 6) is -0.0851. The lowest BCUT2D eigenvalue weighted by molar-refractivity contribution is -0.121. The summed E-state index contributed by atoms with van der Waals surface area (Å²) in [6.07, 6.45) is 0.434. The van der Waals surface area contributed by atoms with E-state index in [0.29, 0.717) is 45.4 Å². The Morgan fingerprint density at radius 3 is 2.62 bits per heavy atom. The lowest BCUT2D eigenvalue weighted by atomic mass is 10.2. The van der Waals surface area contributed by atoms with Gasteiger partial charge in [-0.2, -0.15) is 0 Å². The van der Waals surface area contributed by atoms with E-state index in [1.807, 2.05) is 12.1 Å². The van der Waals surface area contributed by atoms with Crippen LogP contribution < -0.4 is 20.7 Å². The van der Waals surface area contributed by atoms with Crippen LogP contribution in [0.4, 0.5) is 10.1 Å². The normalized spacial score (nSPS) is 10.8. The van der Waals surface area contributed by atoms with E-state index in [0.717, 1.165) is 5.56 Å². The Morgan fingerprint density at radius 1 is 1.05 bits per heavy atom. The Labute approximate surface area is 238 Å². The summed E-state index contributed by atoms with van der Waals surface area (Å²) < 4.78 is 25.9. The standard InChI is InChI=1S/C29H26BrClFN3O4/c30-27-13-12-25(39-27)29(37)35(14-4-9-28(36)34-18-20-6-1-2-8-23(20)32)24-11-10-21(31)16-26(24)38-22-7-3-5-19(15-22)17-33/h1-3,5-8,10-13,15-16H,4,9,14,17-18,33H2,(H,34,36). The molecule has 4 rings (SSSR count). The molecule has 0 spiro atoms. The zero-order chi connectivity index (χ0) is 27.8. The van der Waals surface area contributed by atoms with Crippen molar-refractivity contribution in [3.05, 3.63) is 111 Å². The number of nitrogens with zero attached hydrogens (tertiary/aromatic N) is 1. The summed E-state index contributed by atoms with van der Waals surface area (Å²) in [5, 5.41) is 3.14. The number of hydrogen-bond acceptors (Lipinski definition) is 5. The van der Waals surface area contributed by atoms with E-state index in [4.69, 9.17) is 26.5 Å². The number of hydrogen-bond donors (Lipinski definition) is 2. The van der Waals surface area contributed by atoms with Crippen LogP contribution in [0, 0.1) is 5.82 Å². The third-order valence-corrected chi connectivity index (χ3v) is 6.48. The maximum Gasteiger partial charge on any atom is 0.294 e. The molecule has 1 aromatic heterocycles. The molecule has 0 unspecified atom stereocenters. The molecule has 3 N–H and O–H groups in total. The Hall–Kier alpha value is -3.66. The van der Waals surface area contributed by atoms with Crippen molar-refractivity contribution in [2.75, 3.05) is 11.4 Å². The second kappa shape index (κ2) is 13.4. The van der Waals surface area contributed by atoms with Crippen LogP contribution in [0.5, 0.6) is 11.5 Å². The highest BCUT2D eigenvalue weighted by atomic mass is 79.9. The van der Waals surface area contributed by atoms with Crippen LogP contribution in [-0.2, 0) is 17.9 Å². The highest BCUT2D eigenvalue weighted by molar-refractivity contribution is 9.10. The third kappa shape index (κ3) is 7.69. The highest BCUT2D eigenvalue weighted by Gasteiger charge is 2.24. The van der Waals surface area contributed by atoms with E-state index in [1.54, 1.807) is 60.7 Å². The fourth-order valence-corrected chi connectivity index (χ4v) is 4.34. The van der Waals surface area contributed by atoms with Gasteiger partial charge in [-0.3, -0.25) is 9.59 Å². The summed E-state index contributed by atoms with van der Waals surface area (Å²) in [6, 6.07) is 21.7. The average Bonchev–Trinajstić information content (AvgIpc) is 3.37. The number of nitrogens with two attached hydrogens (primary N) is 1. The fraction of sp³-hybridized carbons (Fsp3) is 0.172. The maximum absolute atomic E-state index is 13.9. The first-order valence-corrected chi connectivity index (χ1v) is 13.3. The molecule has 202 valence electrons. The summed E-state index contributed by atoms with van der Waals surface area (Å²) in [4.78, 5) is 27.5. The quantitative estimate of drug-likeness (QED) is 0.193. The van der Waals surface area contributed by atoms with Crippen molar-refractivity contribution in [3.8, 4) is 11.5 Å². The van der Waals surface area contributed by atoms with Gasteiger partial charge in [-0.1, -0.05) is 41.9 Å². The van der Waals surface area contributed by atoms with Crippen LogP contribution in [-0.4, -0.2) is 18.4 Å². The fourth-order valence-electron chi connectivity index (χ4n) is 3.87. The minimum atomic E-state index is -0.421. The molecule has 0 radical (unpaired) electrons. The minimum absolute atomic E-state index is 0.0750. The van der Waals surface area contributed by atoms with Crippen molar-refractivity contribution in [1.82, 2.24) is 5.32 Å². The van der Waals surface area contributed by atoms with Gasteiger partial charge in [0.1, 0.15) is 11.6 Å². The Bertz CT molecular complexity index is 1460. The SMILES string of the molecule is NCc1cccc(Oc2cc(Cl)ccc2N(CCCC(=O)NCc2ccccc2F)C(=O)c2ccc(Br)o2)c1. The number of rotatable bonds is 11. The van der Waals surface area contributed by atoms with Gasteiger partial charge < -0.3 is 25.1 Å². The average molecular weight is 615 g/mol. The topological polar surface area (TPSA) is 97.8 Å². The van der Waals surface area contributed by atoms with Crippen molar-refractivity contribution in [3.63, 3.8) is 0 Å². The zero-order valence-electron chi connectivity index (χ0n) is 20.8. The summed E-state index contributed by atoms with van der Waals surface area (Å²) in [7, 11) is 0. The Balaban J connectivity index is 1.53. The van der Waals surface area contributed by atoms with Gasteiger partial charge in [0.05, 0.1) is 5.69 Å². The molecule has 4 aromatic rings. The predicted octanol–water partition coefficient (Wildman–Crippen LogP) is 6.83. The number of nitrogens with one attached hydrogen (secondary N) is 1. The van der Waals surface area contributed by atoms with E-state index < -0.39 is 5.91 Å². The van der Waals surface area contributed by atoms with E-state index in [9.17, 15) is 14.0 Å². The van der Waals surface area contributed by atoms with E-state index in [-0.39, 0.29) is 37.0 Å². The van der Waals surface area contributed by atoms with Gasteiger partial charge in [-0.15, -0.1) is 0 Å². The summed E-state index contributed by atoms with van der Waals surface area (Å²) in [6.45, 7) is 0.591. The number of halogens is 3. The van der Waals surface area contributed by atoms with Gasteiger partial charge in [0.15, 0.2) is 16.2 Å². The maximum atomic E-state index is 13.9. The number of carbonyl (C=O) groups is 2. The predicted molar refractivity (Wildman–Crippen MR) is 151 cm³/mol. The molecule has 0 saturated heterocycles. The number of carbonyl (C=O) groups excluding carboxylic acids is 2. The first-order chi connectivity index (χ1) is 18.8. The molecule has 7 nitrogen and oxygen atoms in total. The van der Waals surface area contributed by atoms with Crippen molar-refractivity contribution in [2.45, 2.75) is 25.9 Å². The first kappa shape index (κ1) is 28.4. The zero-order valence-corrected chi connectivity index (χ0v) is 23.2. The van der Waals surface area contributed by atoms with E-state index in [1.165, 1.54) is 11.0 Å². The van der Waals surface area contributed by atoms with Crippen LogP contribution in [0.1, 0.15) is 34.5 Å². The molecule has 3 aromatic carbocycles. The molecule has 0 aliphatic rings. The van der Waals surface area contributed by atoms with Crippen LogP contribution in [0.25, 0.3) is 0 Å². The number of benzene rings is 3. The van der Waals surface area contributed by atoms with Gasteiger partial charge in [0, 0.05) is 42.7 Å². The van der Waals surface area contributed by atoms with Crippen molar-refractivity contribution in [2.24, 2.45) is 5.73 Å². The lowest BCUT2D eigenvalue weighted by Gasteiger charge is -2.24. The largest absolute Gasteiger partial charge is 0.455 e. The number of anilines is 1. The molecule has 0 aliphatic heterocycles. The second-order valence-electron chi connectivity index (χ2n) is 8.60. The Morgan fingerprint density at radius 2 is 1.87 bits per heavy atom. The molecular formula is C29H26BrClFN3O4. The minimum Gasteiger partial charge on any atom is -0.455 e. The third-order valence-electron chi connectivity index (χ3n) is 5.82. The summed E-state index contributed by atoms with van der Waals surface area (Å²) in [5.41, 5.74) is 7.49. The van der Waals surface area contributed by atoms with Crippen LogP contribution in [0.3, 0.4) is 0 Å². The van der Waals surface area contributed by atoms with Crippen molar-refractivity contribution in [1.29, 1.82) is 0 Å². The molecule has 39 heavy (non-hydrogen) atoms. The summed E-state index contributed by atoms with van der Waals surface area (Å²) >= 11 is 9.51. The smallest absolute Gasteiger partial charge is 0.294 e. The molecule has 2 amide bonds. The highest BCUT2D eigenvalue weighted by Crippen LogP contribution is 2.36.